The molecule has 1 atom stereocenters. The van der Waals surface area contributed by atoms with E-state index in [1.54, 1.807) is 4.68 Å². The number of nitro benzene ring substituents is 1. The van der Waals surface area contributed by atoms with E-state index < -0.39 is 11.0 Å². The molecule has 0 bridgehead atoms. The molecule has 2 N–H and O–H groups in total. The highest BCUT2D eigenvalue weighted by Gasteiger charge is 2.24. The molecular weight excluding hydrogens is 324 g/mol. The Labute approximate surface area is 135 Å². The van der Waals surface area contributed by atoms with Crippen molar-refractivity contribution in [2.24, 2.45) is 0 Å². The number of benzene rings is 1. The van der Waals surface area contributed by atoms with Gasteiger partial charge in [0.05, 0.1) is 21.7 Å². The van der Waals surface area contributed by atoms with Gasteiger partial charge in [0.2, 0.25) is 0 Å². The number of nitrogens with one attached hydrogen (secondary N) is 2. The van der Waals surface area contributed by atoms with E-state index in [1.165, 1.54) is 24.5 Å². The largest absolute Gasteiger partial charge is 0.328 e. The minimum Gasteiger partial charge on any atom is -0.328 e. The number of anilines is 1. The summed E-state index contributed by atoms with van der Waals surface area (Å²) in [5.41, 5.74) is 0.0257. The number of halogens is 1. The Morgan fingerprint density at radius 2 is 2.30 bits per heavy atom. The third-order valence-corrected chi connectivity index (χ3v) is 3.86. The Kier molecular flexibility index (Phi) is 4.11. The zero-order valence-corrected chi connectivity index (χ0v) is 12.7. The zero-order chi connectivity index (χ0) is 16.4. The molecule has 1 aliphatic heterocycles. The minimum atomic E-state index is -0.553. The quantitative estimate of drug-likeness (QED) is 0.660. The third-order valence-electron chi connectivity index (χ3n) is 3.53. The van der Waals surface area contributed by atoms with Crippen LogP contribution in [-0.4, -0.2) is 25.7 Å². The monoisotopic (exact) mass is 336 g/mol. The van der Waals surface area contributed by atoms with E-state index in [0.29, 0.717) is 5.82 Å². The van der Waals surface area contributed by atoms with Crippen LogP contribution in [0.25, 0.3) is 0 Å². The second-order valence-electron chi connectivity index (χ2n) is 5.06. The van der Waals surface area contributed by atoms with E-state index in [4.69, 9.17) is 11.6 Å². The van der Waals surface area contributed by atoms with Crippen molar-refractivity contribution in [1.29, 1.82) is 0 Å². The van der Waals surface area contributed by atoms with Crippen molar-refractivity contribution in [3.05, 3.63) is 45.5 Å². The fourth-order valence-electron chi connectivity index (χ4n) is 2.47. The number of nitro groups is 1. The summed E-state index contributed by atoms with van der Waals surface area (Å²) >= 11 is 5.96. The lowest BCUT2D eigenvalue weighted by Gasteiger charge is -2.23. The summed E-state index contributed by atoms with van der Waals surface area (Å²) in [5, 5.41) is 20.4. The number of carbonyl (C=O) groups excluding carboxylic acids is 1. The van der Waals surface area contributed by atoms with Crippen molar-refractivity contribution >= 4 is 29.0 Å². The first-order valence-electron chi connectivity index (χ1n) is 6.94. The first-order valence-corrected chi connectivity index (χ1v) is 7.31. The smallest absolute Gasteiger partial charge is 0.319 e. The van der Waals surface area contributed by atoms with Crippen molar-refractivity contribution in [2.75, 3.05) is 5.32 Å². The molecular formula is C13H13ClN6O3. The number of hydrogen-bond acceptors (Lipinski definition) is 5. The van der Waals surface area contributed by atoms with Gasteiger partial charge in [0.25, 0.3) is 5.69 Å². The van der Waals surface area contributed by atoms with Gasteiger partial charge in [-0.25, -0.2) is 14.5 Å². The molecule has 1 aromatic carbocycles. The van der Waals surface area contributed by atoms with Crippen molar-refractivity contribution in [2.45, 2.75) is 25.4 Å². The number of hydrogen-bond donors (Lipinski definition) is 2. The van der Waals surface area contributed by atoms with E-state index in [0.717, 1.165) is 19.4 Å². The molecule has 9 nitrogen and oxygen atoms in total. The predicted molar refractivity (Wildman–Crippen MR) is 82.3 cm³/mol. The van der Waals surface area contributed by atoms with Crippen LogP contribution in [0.1, 0.15) is 24.7 Å². The van der Waals surface area contributed by atoms with Gasteiger partial charge >= 0.3 is 6.03 Å². The number of amides is 2. The summed E-state index contributed by atoms with van der Waals surface area (Å²) in [6.07, 6.45) is 3.07. The van der Waals surface area contributed by atoms with Crippen LogP contribution >= 0.6 is 11.6 Å². The normalized spacial score (nSPS) is 16.5. The van der Waals surface area contributed by atoms with E-state index in [9.17, 15) is 14.9 Å². The number of fused-ring (bicyclic) bond motifs is 1. The first-order chi connectivity index (χ1) is 11.0. The maximum Gasteiger partial charge on any atom is 0.319 e. The summed E-state index contributed by atoms with van der Waals surface area (Å²) in [7, 11) is 0. The van der Waals surface area contributed by atoms with Gasteiger partial charge in [0.1, 0.15) is 12.2 Å². The molecule has 2 amide bonds. The van der Waals surface area contributed by atoms with Gasteiger partial charge in [-0.1, -0.05) is 11.6 Å². The average Bonchev–Trinajstić information content (AvgIpc) is 2.99. The summed E-state index contributed by atoms with van der Waals surface area (Å²) in [4.78, 5) is 26.5. The molecule has 0 saturated heterocycles. The Morgan fingerprint density at radius 1 is 1.48 bits per heavy atom. The Balaban J connectivity index is 1.71. The Hall–Kier alpha value is -2.68. The fraction of sp³-hybridized carbons (Fsp3) is 0.308. The summed E-state index contributed by atoms with van der Waals surface area (Å²) in [6.45, 7) is 0.770. The van der Waals surface area contributed by atoms with Crippen molar-refractivity contribution in [3.63, 3.8) is 0 Å². The number of rotatable bonds is 3. The van der Waals surface area contributed by atoms with Crippen molar-refractivity contribution in [1.82, 2.24) is 20.1 Å². The Bertz CT molecular complexity index is 762. The van der Waals surface area contributed by atoms with E-state index in [-0.39, 0.29) is 22.4 Å². The molecule has 1 aliphatic rings. The van der Waals surface area contributed by atoms with E-state index in [2.05, 4.69) is 20.7 Å². The SMILES string of the molecule is O=C(Nc1cc([N+](=O)[O-])ccc1Cl)N[C@H]1CCCn2ncnc21. The zero-order valence-electron chi connectivity index (χ0n) is 11.9. The maximum atomic E-state index is 12.1. The average molecular weight is 337 g/mol. The molecule has 1 aromatic heterocycles. The molecule has 10 heteroatoms. The first kappa shape index (κ1) is 15.2. The number of aromatic nitrogens is 3. The summed E-state index contributed by atoms with van der Waals surface area (Å²) in [5.74, 6) is 0.691. The highest BCUT2D eigenvalue weighted by atomic mass is 35.5. The van der Waals surface area contributed by atoms with Gasteiger partial charge in [-0.05, 0) is 18.9 Å². The molecule has 120 valence electrons. The van der Waals surface area contributed by atoms with Gasteiger partial charge in [-0.2, -0.15) is 5.10 Å². The molecule has 2 heterocycles. The van der Waals surface area contributed by atoms with Gasteiger partial charge in [-0.15, -0.1) is 0 Å². The molecule has 0 aliphatic carbocycles. The van der Waals surface area contributed by atoms with Crippen LogP contribution in [-0.2, 0) is 6.54 Å². The van der Waals surface area contributed by atoms with Crippen LogP contribution in [0, 0.1) is 10.1 Å². The van der Waals surface area contributed by atoms with Gasteiger partial charge in [0, 0.05) is 18.7 Å². The van der Waals surface area contributed by atoms with Gasteiger partial charge in [0.15, 0.2) is 0 Å². The van der Waals surface area contributed by atoms with Crippen LogP contribution in [0.5, 0.6) is 0 Å². The maximum absolute atomic E-state index is 12.1. The fourth-order valence-corrected chi connectivity index (χ4v) is 2.63. The summed E-state index contributed by atoms with van der Waals surface area (Å²) < 4.78 is 1.74. The predicted octanol–water partition coefficient (Wildman–Crippen LogP) is 2.50. The van der Waals surface area contributed by atoms with Crippen LogP contribution in [0.2, 0.25) is 5.02 Å². The highest BCUT2D eigenvalue weighted by molar-refractivity contribution is 6.33. The Morgan fingerprint density at radius 3 is 3.09 bits per heavy atom. The molecule has 2 aromatic rings. The van der Waals surface area contributed by atoms with Crippen LogP contribution in [0.15, 0.2) is 24.5 Å². The number of carbonyl (C=O) groups is 1. The van der Waals surface area contributed by atoms with Gasteiger partial charge in [-0.3, -0.25) is 10.1 Å². The van der Waals surface area contributed by atoms with Crippen LogP contribution in [0.4, 0.5) is 16.2 Å². The number of aryl methyl sites for hydroxylation is 1. The van der Waals surface area contributed by atoms with E-state index >= 15 is 0 Å². The molecule has 0 spiro atoms. The highest BCUT2D eigenvalue weighted by Crippen LogP contribution is 2.27. The molecule has 0 saturated carbocycles. The molecule has 0 radical (unpaired) electrons. The lowest BCUT2D eigenvalue weighted by molar-refractivity contribution is -0.384. The molecule has 0 fully saturated rings. The number of non-ortho nitro benzene ring substituents is 1. The third kappa shape index (κ3) is 3.24. The molecule has 23 heavy (non-hydrogen) atoms. The van der Waals surface area contributed by atoms with Crippen LogP contribution < -0.4 is 10.6 Å². The number of nitrogens with zero attached hydrogens (tertiary/aromatic N) is 4. The lowest BCUT2D eigenvalue weighted by atomic mass is 10.1. The molecule has 0 unspecified atom stereocenters. The second kappa shape index (κ2) is 6.21. The molecule has 3 rings (SSSR count). The second-order valence-corrected chi connectivity index (χ2v) is 5.46. The summed E-state index contributed by atoms with van der Waals surface area (Å²) in [6, 6.07) is 3.09. The lowest BCUT2D eigenvalue weighted by Crippen LogP contribution is -2.36. The van der Waals surface area contributed by atoms with Crippen molar-refractivity contribution in [3.8, 4) is 0 Å². The van der Waals surface area contributed by atoms with Crippen molar-refractivity contribution < 1.29 is 9.72 Å². The van der Waals surface area contributed by atoms with Gasteiger partial charge < -0.3 is 10.6 Å². The number of urea groups is 1. The standard InChI is InChI=1S/C13H13ClN6O3/c14-9-4-3-8(20(22)23)6-11(9)18-13(21)17-10-2-1-5-19-12(10)15-7-16-19/h3-4,6-7,10H,1-2,5H2,(H2,17,18,21)/t10-/m0/s1. The topological polar surface area (TPSA) is 115 Å². The van der Waals surface area contributed by atoms with E-state index in [1.807, 2.05) is 0 Å². The van der Waals surface area contributed by atoms with Crippen LogP contribution in [0.3, 0.4) is 0 Å². The minimum absolute atomic E-state index is 0.151.